The third-order valence-corrected chi connectivity index (χ3v) is 3.32. The highest BCUT2D eigenvalue weighted by atomic mass is 16.5. The fraction of sp³-hybridized carbons (Fsp3) is 0.118. The molecule has 3 N–H and O–H groups in total. The summed E-state index contributed by atoms with van der Waals surface area (Å²) < 4.78 is 10.7. The van der Waals surface area contributed by atoms with Crippen LogP contribution < -0.4 is 11.1 Å². The maximum Gasteiger partial charge on any atom is 0.338 e. The largest absolute Gasteiger partial charge is 0.452 e. The molecule has 0 fully saturated rings. The fourth-order valence-electron chi connectivity index (χ4n) is 2.14. The van der Waals surface area contributed by atoms with E-state index in [-0.39, 0.29) is 6.61 Å². The molecule has 3 rings (SSSR count). The van der Waals surface area contributed by atoms with Crippen LogP contribution in [0.2, 0.25) is 0 Å². The summed E-state index contributed by atoms with van der Waals surface area (Å²) >= 11 is 0. The van der Waals surface area contributed by atoms with E-state index in [2.05, 4.69) is 10.3 Å². The average Bonchev–Trinajstić information content (AvgIpc) is 3.01. The van der Waals surface area contributed by atoms with E-state index in [1.165, 1.54) is 0 Å². The van der Waals surface area contributed by atoms with Gasteiger partial charge in [-0.25, -0.2) is 14.6 Å². The van der Waals surface area contributed by atoms with Crippen LogP contribution in [-0.2, 0) is 17.9 Å². The third-order valence-electron chi connectivity index (χ3n) is 3.32. The zero-order valence-corrected chi connectivity index (χ0v) is 12.7. The van der Waals surface area contributed by atoms with Gasteiger partial charge in [0.25, 0.3) is 0 Å². The number of ether oxygens (including phenoxy) is 1. The summed E-state index contributed by atoms with van der Waals surface area (Å²) in [4.78, 5) is 26.9. The molecular formula is C17H15N3O4. The highest BCUT2D eigenvalue weighted by Gasteiger charge is 2.11. The molecule has 0 unspecified atom stereocenters. The Morgan fingerprint density at radius 1 is 1.12 bits per heavy atom. The number of primary amides is 1. The Balaban J connectivity index is 1.59. The number of nitrogens with one attached hydrogen (secondary N) is 1. The van der Waals surface area contributed by atoms with Crippen molar-refractivity contribution in [2.24, 2.45) is 5.73 Å². The first-order chi connectivity index (χ1) is 11.6. The molecular weight excluding hydrogens is 310 g/mol. The zero-order valence-electron chi connectivity index (χ0n) is 12.7. The fourth-order valence-corrected chi connectivity index (χ4v) is 2.14. The van der Waals surface area contributed by atoms with Crippen LogP contribution in [0.25, 0.3) is 11.1 Å². The van der Waals surface area contributed by atoms with Gasteiger partial charge in [0.1, 0.15) is 5.52 Å². The van der Waals surface area contributed by atoms with Crippen molar-refractivity contribution < 1.29 is 18.7 Å². The minimum Gasteiger partial charge on any atom is -0.452 e. The molecule has 2 aromatic carbocycles. The van der Waals surface area contributed by atoms with Crippen LogP contribution in [0.1, 0.15) is 21.8 Å². The van der Waals surface area contributed by atoms with Crippen LogP contribution in [0.15, 0.2) is 52.9 Å². The number of rotatable bonds is 5. The van der Waals surface area contributed by atoms with Gasteiger partial charge in [-0.15, -0.1) is 0 Å². The van der Waals surface area contributed by atoms with Crippen molar-refractivity contribution in [1.29, 1.82) is 0 Å². The van der Waals surface area contributed by atoms with E-state index in [4.69, 9.17) is 14.9 Å². The predicted molar refractivity (Wildman–Crippen MR) is 86.0 cm³/mol. The van der Waals surface area contributed by atoms with Crippen LogP contribution >= 0.6 is 0 Å². The van der Waals surface area contributed by atoms with E-state index in [9.17, 15) is 9.59 Å². The van der Waals surface area contributed by atoms with Crippen LogP contribution in [0, 0.1) is 0 Å². The number of aromatic nitrogens is 1. The summed E-state index contributed by atoms with van der Waals surface area (Å²) in [5.41, 5.74) is 7.59. The van der Waals surface area contributed by atoms with E-state index in [0.29, 0.717) is 23.6 Å². The molecule has 0 bridgehead atoms. The topological polar surface area (TPSA) is 107 Å². The number of hydrogen-bond donors (Lipinski definition) is 2. The second-order valence-corrected chi connectivity index (χ2v) is 5.07. The Bertz CT molecular complexity index is 838. The Morgan fingerprint density at radius 2 is 1.88 bits per heavy atom. The standard InChI is InChI=1S/C17H15N3O4/c18-17(22)19-9-11-5-7-12(8-6-11)16(21)23-10-15-20-13-3-1-2-4-14(13)24-15/h1-8H,9-10H2,(H3,18,19,22). The lowest BCUT2D eigenvalue weighted by Crippen LogP contribution is -2.28. The maximum absolute atomic E-state index is 12.0. The molecule has 0 saturated heterocycles. The van der Waals surface area contributed by atoms with E-state index >= 15 is 0 Å². The highest BCUT2D eigenvalue weighted by Crippen LogP contribution is 2.15. The van der Waals surface area contributed by atoms with Gasteiger partial charge in [-0.3, -0.25) is 0 Å². The molecule has 7 heteroatoms. The normalized spacial score (nSPS) is 10.5. The molecule has 122 valence electrons. The number of hydrogen-bond acceptors (Lipinski definition) is 5. The van der Waals surface area contributed by atoms with Crippen molar-refractivity contribution in [2.75, 3.05) is 0 Å². The second-order valence-electron chi connectivity index (χ2n) is 5.07. The number of para-hydroxylation sites is 2. The predicted octanol–water partition coefficient (Wildman–Crippen LogP) is 2.35. The molecule has 7 nitrogen and oxygen atoms in total. The van der Waals surface area contributed by atoms with Gasteiger partial charge in [-0.2, -0.15) is 0 Å². The number of benzene rings is 2. The first-order valence-electron chi connectivity index (χ1n) is 7.25. The third kappa shape index (κ3) is 3.70. The van der Waals surface area contributed by atoms with Crippen molar-refractivity contribution in [3.05, 3.63) is 65.5 Å². The molecule has 24 heavy (non-hydrogen) atoms. The maximum atomic E-state index is 12.0. The molecule has 0 atom stereocenters. The molecule has 0 aliphatic carbocycles. The summed E-state index contributed by atoms with van der Waals surface area (Å²) in [6, 6.07) is 13.4. The molecule has 2 amide bonds. The number of amides is 2. The number of nitrogens with two attached hydrogens (primary N) is 1. The average molecular weight is 325 g/mol. The van der Waals surface area contributed by atoms with Crippen LogP contribution in [0.5, 0.6) is 0 Å². The molecule has 0 aliphatic rings. The summed E-state index contributed by atoms with van der Waals surface area (Å²) in [5.74, 6) is -0.140. The van der Waals surface area contributed by atoms with Gasteiger partial charge < -0.3 is 20.2 Å². The minimum absolute atomic E-state index is 0.0432. The quantitative estimate of drug-likeness (QED) is 0.700. The highest BCUT2D eigenvalue weighted by molar-refractivity contribution is 5.89. The number of fused-ring (bicyclic) bond motifs is 1. The van der Waals surface area contributed by atoms with Gasteiger partial charge >= 0.3 is 12.0 Å². The number of carbonyl (C=O) groups excluding carboxylic acids is 2. The van der Waals surface area contributed by atoms with E-state index in [1.54, 1.807) is 30.3 Å². The molecule has 0 aliphatic heterocycles. The monoisotopic (exact) mass is 325 g/mol. The van der Waals surface area contributed by atoms with E-state index in [0.717, 1.165) is 11.1 Å². The van der Waals surface area contributed by atoms with E-state index in [1.807, 2.05) is 18.2 Å². The van der Waals surface area contributed by atoms with Crippen molar-refractivity contribution >= 4 is 23.1 Å². The van der Waals surface area contributed by atoms with Gasteiger partial charge in [0, 0.05) is 6.54 Å². The lowest BCUT2D eigenvalue weighted by atomic mass is 10.1. The molecule has 0 saturated carbocycles. The lowest BCUT2D eigenvalue weighted by molar-refractivity contribution is 0.0440. The van der Waals surface area contributed by atoms with E-state index < -0.39 is 12.0 Å². The first kappa shape index (κ1) is 15.5. The summed E-state index contributed by atoms with van der Waals surface area (Å²) in [7, 11) is 0. The van der Waals surface area contributed by atoms with Crippen LogP contribution in [0.3, 0.4) is 0 Å². The van der Waals surface area contributed by atoms with Gasteiger partial charge in [0.2, 0.25) is 5.89 Å². The number of esters is 1. The smallest absolute Gasteiger partial charge is 0.338 e. The Hall–Kier alpha value is -3.35. The SMILES string of the molecule is NC(=O)NCc1ccc(C(=O)OCc2nc3ccccc3o2)cc1. The molecule has 1 heterocycles. The zero-order chi connectivity index (χ0) is 16.9. The summed E-state index contributed by atoms with van der Waals surface area (Å²) in [5, 5.41) is 2.47. The number of urea groups is 1. The van der Waals surface area contributed by atoms with Crippen LogP contribution in [0.4, 0.5) is 4.79 Å². The second kappa shape index (κ2) is 6.82. The van der Waals surface area contributed by atoms with Crippen LogP contribution in [-0.4, -0.2) is 17.0 Å². The van der Waals surface area contributed by atoms with Crippen molar-refractivity contribution in [3.8, 4) is 0 Å². The molecule has 0 radical (unpaired) electrons. The van der Waals surface area contributed by atoms with Crippen molar-refractivity contribution in [2.45, 2.75) is 13.2 Å². The Labute approximate surface area is 137 Å². The first-order valence-corrected chi connectivity index (χ1v) is 7.25. The van der Waals surface area contributed by atoms with Gasteiger partial charge in [-0.1, -0.05) is 24.3 Å². The summed E-state index contributed by atoms with van der Waals surface area (Å²) in [6.07, 6.45) is 0. The Kier molecular flexibility index (Phi) is 4.42. The number of oxazole rings is 1. The van der Waals surface area contributed by atoms with Crippen molar-refractivity contribution in [1.82, 2.24) is 10.3 Å². The minimum atomic E-state index is -0.600. The lowest BCUT2D eigenvalue weighted by Gasteiger charge is -2.05. The molecule has 1 aromatic heterocycles. The Morgan fingerprint density at radius 3 is 2.58 bits per heavy atom. The van der Waals surface area contributed by atoms with Gasteiger partial charge in [0.05, 0.1) is 5.56 Å². The molecule has 0 spiro atoms. The van der Waals surface area contributed by atoms with Gasteiger partial charge in [-0.05, 0) is 29.8 Å². The van der Waals surface area contributed by atoms with Gasteiger partial charge in [0.15, 0.2) is 12.2 Å². The number of carbonyl (C=O) groups is 2. The number of nitrogens with zero attached hydrogens (tertiary/aromatic N) is 1. The molecule has 3 aromatic rings. The van der Waals surface area contributed by atoms with Crippen molar-refractivity contribution in [3.63, 3.8) is 0 Å². The summed E-state index contributed by atoms with van der Waals surface area (Å²) in [6.45, 7) is 0.256.